The highest BCUT2D eigenvalue weighted by molar-refractivity contribution is 6.20. The fourth-order valence-corrected chi connectivity index (χ4v) is 3.54. The maximum absolute atomic E-state index is 13.4. The lowest BCUT2D eigenvalue weighted by Crippen LogP contribution is -2.49. The van der Waals surface area contributed by atoms with Crippen molar-refractivity contribution in [2.75, 3.05) is 11.4 Å². The number of carbonyl (C=O) groups is 3. The predicted molar refractivity (Wildman–Crippen MR) is 124 cm³/mol. The van der Waals surface area contributed by atoms with Crippen LogP contribution in [0.4, 0.5) is 10.5 Å². The fourth-order valence-electron chi connectivity index (χ4n) is 3.54. The normalized spacial score (nSPS) is 15.2. The topological polar surface area (TPSA) is 114 Å². The number of hydrogen-bond donors (Lipinski definition) is 2. The number of benzodiazepines with no additional fused rings is 1. The molecule has 0 radical (unpaired) electrons. The van der Waals surface area contributed by atoms with E-state index >= 15 is 0 Å². The van der Waals surface area contributed by atoms with Crippen LogP contribution in [0.1, 0.15) is 16.7 Å². The first kappa shape index (κ1) is 21.8. The number of para-hydroxylation sites is 1. The van der Waals surface area contributed by atoms with Crippen molar-refractivity contribution >= 4 is 29.3 Å². The Balaban J connectivity index is 1.68. The Morgan fingerprint density at radius 1 is 0.939 bits per heavy atom. The molecule has 0 aliphatic carbocycles. The van der Waals surface area contributed by atoms with Crippen molar-refractivity contribution in [3.63, 3.8) is 0 Å². The van der Waals surface area contributed by atoms with Gasteiger partial charge in [-0.05, 0) is 11.6 Å². The number of benzene rings is 3. The molecule has 166 valence electrons. The molecule has 0 saturated carbocycles. The van der Waals surface area contributed by atoms with E-state index in [0.29, 0.717) is 17.0 Å². The molecule has 1 heterocycles. The molecule has 0 aromatic heterocycles. The zero-order chi connectivity index (χ0) is 23.2. The second-order valence-corrected chi connectivity index (χ2v) is 7.36. The van der Waals surface area contributed by atoms with Gasteiger partial charge in [0.1, 0.15) is 13.2 Å². The number of anilines is 1. The van der Waals surface area contributed by atoms with E-state index in [1.165, 1.54) is 4.90 Å². The van der Waals surface area contributed by atoms with Gasteiger partial charge in [0.25, 0.3) is 5.91 Å². The molecule has 8 heteroatoms. The largest absolute Gasteiger partial charge is 0.445 e. The minimum absolute atomic E-state index is 0.0358. The highest BCUT2D eigenvalue weighted by Crippen LogP contribution is 2.28. The van der Waals surface area contributed by atoms with Gasteiger partial charge in [0, 0.05) is 11.1 Å². The average Bonchev–Trinajstić information content (AvgIpc) is 2.94. The Hall–Kier alpha value is -4.46. The first-order valence-corrected chi connectivity index (χ1v) is 10.3. The van der Waals surface area contributed by atoms with Gasteiger partial charge in [0.2, 0.25) is 12.1 Å². The lowest BCUT2D eigenvalue weighted by molar-refractivity contribution is -0.123. The Labute approximate surface area is 190 Å². The highest BCUT2D eigenvalue weighted by Gasteiger charge is 2.34. The van der Waals surface area contributed by atoms with Gasteiger partial charge in [0.05, 0.1) is 11.4 Å². The summed E-state index contributed by atoms with van der Waals surface area (Å²) in [6, 6.07) is 25.5. The number of nitrogens with one attached hydrogen (secondary N) is 1. The van der Waals surface area contributed by atoms with Gasteiger partial charge in [-0.3, -0.25) is 19.8 Å². The van der Waals surface area contributed by atoms with Crippen molar-refractivity contribution in [1.29, 1.82) is 0 Å². The number of nitrogens with zero attached hydrogens (tertiary/aromatic N) is 2. The number of aliphatic imine (C=N–C) groups is 1. The summed E-state index contributed by atoms with van der Waals surface area (Å²) >= 11 is 0. The van der Waals surface area contributed by atoms with E-state index in [2.05, 4.69) is 10.3 Å². The number of primary amides is 1. The number of hydrogen-bond acceptors (Lipinski definition) is 5. The second kappa shape index (κ2) is 9.78. The van der Waals surface area contributed by atoms with E-state index in [-0.39, 0.29) is 13.2 Å². The van der Waals surface area contributed by atoms with Crippen molar-refractivity contribution in [3.05, 3.63) is 102 Å². The molecule has 3 amide bonds. The third kappa shape index (κ3) is 5.07. The van der Waals surface area contributed by atoms with E-state index in [4.69, 9.17) is 10.5 Å². The SMILES string of the molecule is NC(=O)CN1C(=O)C(NC(=O)OCc2ccccc2)N=C(c2ccccc2)c2ccccc21. The number of ether oxygens (including phenoxy) is 1. The van der Waals surface area contributed by atoms with Crippen LogP contribution in [-0.4, -0.2) is 36.3 Å². The number of nitrogens with two attached hydrogens (primary N) is 1. The third-order valence-electron chi connectivity index (χ3n) is 5.04. The quantitative estimate of drug-likeness (QED) is 0.611. The minimum Gasteiger partial charge on any atom is -0.445 e. The molecule has 8 nitrogen and oxygen atoms in total. The smallest absolute Gasteiger partial charge is 0.409 e. The summed E-state index contributed by atoms with van der Waals surface area (Å²) in [5.74, 6) is -1.28. The zero-order valence-electron chi connectivity index (χ0n) is 17.7. The van der Waals surface area contributed by atoms with Crippen LogP contribution in [0.15, 0.2) is 89.9 Å². The summed E-state index contributed by atoms with van der Waals surface area (Å²) in [7, 11) is 0. The number of carbonyl (C=O) groups excluding carboxylic acids is 3. The van der Waals surface area contributed by atoms with Crippen LogP contribution < -0.4 is 16.0 Å². The predicted octanol–water partition coefficient (Wildman–Crippen LogP) is 2.61. The van der Waals surface area contributed by atoms with Crippen molar-refractivity contribution in [3.8, 4) is 0 Å². The fraction of sp³-hybridized carbons (Fsp3) is 0.120. The van der Waals surface area contributed by atoms with Crippen LogP contribution in [0, 0.1) is 0 Å². The van der Waals surface area contributed by atoms with E-state index < -0.39 is 24.1 Å². The van der Waals surface area contributed by atoms with Crippen LogP contribution in [0.25, 0.3) is 0 Å². The summed E-state index contributed by atoms with van der Waals surface area (Å²) in [4.78, 5) is 43.5. The standard InChI is InChI=1S/C25H22N4O4/c26-21(30)15-29-20-14-8-7-13-19(20)22(18-11-5-2-6-12-18)27-23(24(29)31)28-25(32)33-16-17-9-3-1-4-10-17/h1-14,23H,15-16H2,(H2,26,30)(H,28,32). The molecule has 4 rings (SSSR count). The summed E-state index contributed by atoms with van der Waals surface area (Å²) in [5.41, 5.74) is 8.59. The molecular weight excluding hydrogens is 420 g/mol. The molecular formula is C25H22N4O4. The van der Waals surface area contributed by atoms with Crippen LogP contribution in [-0.2, 0) is 20.9 Å². The molecule has 0 fully saturated rings. The van der Waals surface area contributed by atoms with E-state index in [9.17, 15) is 14.4 Å². The molecule has 3 N–H and O–H groups in total. The molecule has 3 aromatic rings. The Bertz CT molecular complexity index is 1200. The van der Waals surface area contributed by atoms with Gasteiger partial charge in [-0.25, -0.2) is 9.79 Å². The molecule has 1 unspecified atom stereocenters. The number of fused-ring (bicyclic) bond motifs is 1. The van der Waals surface area contributed by atoms with Crippen LogP contribution in [0.5, 0.6) is 0 Å². The number of rotatable bonds is 6. The first-order valence-electron chi connectivity index (χ1n) is 10.3. The summed E-state index contributed by atoms with van der Waals surface area (Å²) in [6.45, 7) is -0.321. The molecule has 0 spiro atoms. The average molecular weight is 442 g/mol. The first-order chi connectivity index (χ1) is 16.0. The van der Waals surface area contributed by atoms with E-state index in [1.807, 2.05) is 66.7 Å². The maximum Gasteiger partial charge on any atom is 0.409 e. The molecule has 0 bridgehead atoms. The van der Waals surface area contributed by atoms with Gasteiger partial charge in [-0.1, -0.05) is 78.9 Å². The van der Waals surface area contributed by atoms with Crippen LogP contribution >= 0.6 is 0 Å². The van der Waals surface area contributed by atoms with Crippen LogP contribution in [0.2, 0.25) is 0 Å². The van der Waals surface area contributed by atoms with Crippen molar-refractivity contribution in [1.82, 2.24) is 5.32 Å². The Morgan fingerprint density at radius 3 is 2.27 bits per heavy atom. The van der Waals surface area contributed by atoms with Crippen molar-refractivity contribution in [2.45, 2.75) is 12.8 Å². The number of amides is 3. The molecule has 0 saturated heterocycles. The molecule has 3 aromatic carbocycles. The van der Waals surface area contributed by atoms with E-state index in [0.717, 1.165) is 11.1 Å². The van der Waals surface area contributed by atoms with E-state index in [1.54, 1.807) is 18.2 Å². The summed E-state index contributed by atoms with van der Waals surface area (Å²) < 4.78 is 5.27. The summed E-state index contributed by atoms with van der Waals surface area (Å²) in [5, 5.41) is 2.52. The minimum atomic E-state index is -1.31. The zero-order valence-corrected chi connectivity index (χ0v) is 17.7. The second-order valence-electron chi connectivity index (χ2n) is 7.36. The van der Waals surface area contributed by atoms with Gasteiger partial charge < -0.3 is 10.5 Å². The summed E-state index contributed by atoms with van der Waals surface area (Å²) in [6.07, 6.45) is -2.12. The highest BCUT2D eigenvalue weighted by atomic mass is 16.5. The molecule has 1 aliphatic heterocycles. The molecule has 1 aliphatic rings. The van der Waals surface area contributed by atoms with Gasteiger partial charge in [-0.2, -0.15) is 0 Å². The maximum atomic E-state index is 13.4. The van der Waals surface area contributed by atoms with Gasteiger partial charge >= 0.3 is 6.09 Å². The van der Waals surface area contributed by atoms with Crippen molar-refractivity contribution < 1.29 is 19.1 Å². The lowest BCUT2D eigenvalue weighted by atomic mass is 10.0. The monoisotopic (exact) mass is 442 g/mol. The number of alkyl carbamates (subject to hydrolysis) is 1. The third-order valence-corrected chi connectivity index (χ3v) is 5.04. The lowest BCUT2D eigenvalue weighted by Gasteiger charge is -2.24. The Morgan fingerprint density at radius 2 is 1.58 bits per heavy atom. The van der Waals surface area contributed by atoms with Crippen molar-refractivity contribution in [2.24, 2.45) is 10.7 Å². The molecule has 33 heavy (non-hydrogen) atoms. The van der Waals surface area contributed by atoms with Crippen LogP contribution in [0.3, 0.4) is 0 Å². The van der Waals surface area contributed by atoms with Gasteiger partial charge in [-0.15, -0.1) is 0 Å². The molecule has 1 atom stereocenters. The Kier molecular flexibility index (Phi) is 6.45. The van der Waals surface area contributed by atoms with Gasteiger partial charge in [0.15, 0.2) is 0 Å².